The molecule has 0 spiro atoms. The lowest BCUT2D eigenvalue weighted by molar-refractivity contribution is 1.50. The second-order valence-electron chi connectivity index (χ2n) is 4.57. The number of hydrogen-bond acceptors (Lipinski definition) is 0. The van der Waals surface area contributed by atoms with Gasteiger partial charge in [-0.05, 0) is 45.7 Å². The lowest BCUT2D eigenvalue weighted by atomic mass is 9.96. The van der Waals surface area contributed by atoms with E-state index in [1.807, 2.05) is 6.08 Å². The molecule has 88 valence electrons. The quantitative estimate of drug-likeness (QED) is 0.706. The molecule has 0 aliphatic heterocycles. The van der Waals surface area contributed by atoms with Crippen LogP contribution in [0.15, 0.2) is 36.9 Å². The third kappa shape index (κ3) is 1.53. The van der Waals surface area contributed by atoms with Crippen LogP contribution in [0.1, 0.15) is 24.5 Å². The fourth-order valence-corrected chi connectivity index (χ4v) is 2.71. The SMILES string of the molecule is C=Cc1ccc2c3c(cc/c(=C/C)c13)=CCC=C2. The maximum absolute atomic E-state index is 3.94. The Bertz CT molecular complexity index is 774. The van der Waals surface area contributed by atoms with E-state index in [0.29, 0.717) is 0 Å². The molecule has 0 radical (unpaired) electrons. The van der Waals surface area contributed by atoms with Crippen molar-refractivity contribution in [3.63, 3.8) is 0 Å². The molecular weight excluding hydrogens is 216 g/mol. The third-order valence-electron chi connectivity index (χ3n) is 3.59. The average molecular weight is 232 g/mol. The zero-order valence-corrected chi connectivity index (χ0v) is 10.6. The van der Waals surface area contributed by atoms with Crippen molar-refractivity contribution in [3.05, 3.63) is 58.5 Å². The van der Waals surface area contributed by atoms with Crippen molar-refractivity contribution in [3.8, 4) is 0 Å². The zero-order valence-electron chi connectivity index (χ0n) is 10.6. The second-order valence-corrected chi connectivity index (χ2v) is 4.57. The Morgan fingerprint density at radius 2 is 2.00 bits per heavy atom. The highest BCUT2D eigenvalue weighted by Gasteiger charge is 2.06. The van der Waals surface area contributed by atoms with Crippen LogP contribution in [-0.2, 0) is 0 Å². The van der Waals surface area contributed by atoms with Crippen LogP contribution in [-0.4, -0.2) is 0 Å². The minimum Gasteiger partial charge on any atom is -0.0984 e. The predicted molar refractivity (Wildman–Crippen MR) is 81.5 cm³/mol. The summed E-state index contributed by atoms with van der Waals surface area (Å²) < 4.78 is 0. The molecule has 3 rings (SSSR count). The van der Waals surface area contributed by atoms with Crippen LogP contribution < -0.4 is 10.4 Å². The smallest absolute Gasteiger partial charge is 0.00301 e. The Hall–Kier alpha value is -2.08. The molecule has 0 aromatic heterocycles. The van der Waals surface area contributed by atoms with Gasteiger partial charge in [0.1, 0.15) is 0 Å². The first kappa shape index (κ1) is 11.0. The summed E-state index contributed by atoms with van der Waals surface area (Å²) >= 11 is 0. The Labute approximate surface area is 107 Å². The molecule has 0 saturated heterocycles. The number of hydrogen-bond donors (Lipinski definition) is 0. The molecule has 0 unspecified atom stereocenters. The Kier molecular flexibility index (Phi) is 2.64. The summed E-state index contributed by atoms with van der Waals surface area (Å²) in [5.41, 5.74) is 2.52. The first-order valence-corrected chi connectivity index (χ1v) is 6.36. The van der Waals surface area contributed by atoms with E-state index in [0.717, 1.165) is 6.42 Å². The van der Waals surface area contributed by atoms with Crippen molar-refractivity contribution in [1.82, 2.24) is 0 Å². The van der Waals surface area contributed by atoms with Gasteiger partial charge in [-0.1, -0.05) is 61.2 Å². The molecule has 2 aromatic carbocycles. The Balaban J connectivity index is 2.69. The number of benzene rings is 2. The molecule has 0 amide bonds. The van der Waals surface area contributed by atoms with Crippen molar-refractivity contribution >= 4 is 35.1 Å². The minimum atomic E-state index is 1.00. The predicted octanol–water partition coefficient (Wildman–Crippen LogP) is 3.48. The number of rotatable bonds is 1. The molecule has 1 aliphatic carbocycles. The topological polar surface area (TPSA) is 0 Å². The van der Waals surface area contributed by atoms with Crippen LogP contribution in [0.3, 0.4) is 0 Å². The van der Waals surface area contributed by atoms with Crippen molar-refractivity contribution in [2.75, 3.05) is 0 Å². The van der Waals surface area contributed by atoms with Gasteiger partial charge in [-0.25, -0.2) is 0 Å². The van der Waals surface area contributed by atoms with Crippen LogP contribution in [0.2, 0.25) is 0 Å². The highest BCUT2D eigenvalue weighted by atomic mass is 14.1. The summed E-state index contributed by atoms with van der Waals surface area (Å²) in [5, 5.41) is 5.30. The summed E-state index contributed by atoms with van der Waals surface area (Å²) in [7, 11) is 0. The van der Waals surface area contributed by atoms with Gasteiger partial charge in [-0.3, -0.25) is 0 Å². The molecular formula is C18H16. The van der Waals surface area contributed by atoms with E-state index >= 15 is 0 Å². The van der Waals surface area contributed by atoms with E-state index in [2.05, 4.69) is 62.1 Å². The normalized spacial score (nSPS) is 14.4. The van der Waals surface area contributed by atoms with Gasteiger partial charge in [0.2, 0.25) is 0 Å². The van der Waals surface area contributed by atoms with Crippen molar-refractivity contribution in [2.24, 2.45) is 0 Å². The first-order valence-electron chi connectivity index (χ1n) is 6.36. The summed E-state index contributed by atoms with van der Waals surface area (Å²) in [6, 6.07) is 8.78. The van der Waals surface area contributed by atoms with Crippen LogP contribution in [0.25, 0.3) is 35.1 Å². The van der Waals surface area contributed by atoms with Gasteiger partial charge in [0, 0.05) is 0 Å². The molecule has 0 bridgehead atoms. The minimum absolute atomic E-state index is 1.00. The highest BCUT2D eigenvalue weighted by molar-refractivity contribution is 5.98. The number of allylic oxidation sites excluding steroid dienone is 1. The van der Waals surface area contributed by atoms with Gasteiger partial charge in [0.25, 0.3) is 0 Å². The molecule has 0 heterocycles. The lowest BCUT2D eigenvalue weighted by Crippen LogP contribution is -2.12. The lowest BCUT2D eigenvalue weighted by Gasteiger charge is -2.08. The molecule has 1 aliphatic rings. The van der Waals surface area contributed by atoms with Crippen LogP contribution in [0, 0.1) is 0 Å². The van der Waals surface area contributed by atoms with E-state index in [-0.39, 0.29) is 0 Å². The van der Waals surface area contributed by atoms with E-state index in [1.165, 1.54) is 32.3 Å². The Morgan fingerprint density at radius 1 is 1.11 bits per heavy atom. The van der Waals surface area contributed by atoms with Gasteiger partial charge >= 0.3 is 0 Å². The molecule has 0 fully saturated rings. The summed E-state index contributed by atoms with van der Waals surface area (Å²) in [6.45, 7) is 6.03. The Morgan fingerprint density at radius 3 is 2.78 bits per heavy atom. The average Bonchev–Trinajstić information content (AvgIpc) is 2.63. The molecule has 0 atom stereocenters. The monoisotopic (exact) mass is 232 g/mol. The molecule has 0 saturated carbocycles. The summed E-state index contributed by atoms with van der Waals surface area (Å²) in [6.07, 6.45) is 11.9. The van der Waals surface area contributed by atoms with Gasteiger partial charge in [0.05, 0.1) is 0 Å². The molecule has 0 heteroatoms. The fraction of sp³-hybridized carbons (Fsp3) is 0.111. The first-order chi connectivity index (χ1) is 8.85. The standard InChI is InChI=1S/C18H16/c1-3-13-9-11-15-7-5-6-8-16-12-10-14(4-2)17(13)18(15)16/h3-5,7-12H,1,6H2,2H3/b14-4-. The second kappa shape index (κ2) is 4.30. The van der Waals surface area contributed by atoms with Gasteiger partial charge in [0.15, 0.2) is 0 Å². The molecule has 2 aromatic rings. The summed E-state index contributed by atoms with van der Waals surface area (Å²) in [4.78, 5) is 0. The van der Waals surface area contributed by atoms with E-state index in [4.69, 9.17) is 0 Å². The van der Waals surface area contributed by atoms with Crippen molar-refractivity contribution in [2.45, 2.75) is 13.3 Å². The fourth-order valence-electron chi connectivity index (χ4n) is 2.71. The maximum Gasteiger partial charge on any atom is -0.00301 e. The molecule has 0 N–H and O–H groups in total. The summed E-state index contributed by atoms with van der Waals surface area (Å²) in [5.74, 6) is 0. The van der Waals surface area contributed by atoms with E-state index in [9.17, 15) is 0 Å². The van der Waals surface area contributed by atoms with Gasteiger partial charge < -0.3 is 0 Å². The van der Waals surface area contributed by atoms with Crippen molar-refractivity contribution in [1.29, 1.82) is 0 Å². The molecule has 0 nitrogen and oxygen atoms in total. The largest absolute Gasteiger partial charge is 0.0984 e. The van der Waals surface area contributed by atoms with Crippen LogP contribution in [0.4, 0.5) is 0 Å². The third-order valence-corrected chi connectivity index (χ3v) is 3.59. The highest BCUT2D eigenvalue weighted by Crippen LogP contribution is 2.21. The maximum atomic E-state index is 3.94. The van der Waals surface area contributed by atoms with Gasteiger partial charge in [-0.2, -0.15) is 0 Å². The molecule has 18 heavy (non-hydrogen) atoms. The van der Waals surface area contributed by atoms with Crippen LogP contribution >= 0.6 is 0 Å². The van der Waals surface area contributed by atoms with Gasteiger partial charge in [-0.15, -0.1) is 0 Å². The van der Waals surface area contributed by atoms with Crippen molar-refractivity contribution < 1.29 is 0 Å². The van der Waals surface area contributed by atoms with Crippen LogP contribution in [0.5, 0.6) is 0 Å². The van der Waals surface area contributed by atoms with E-state index < -0.39 is 0 Å². The van der Waals surface area contributed by atoms with E-state index in [1.54, 1.807) is 0 Å². The zero-order chi connectivity index (χ0) is 12.5.